The summed E-state index contributed by atoms with van der Waals surface area (Å²) in [5.41, 5.74) is 15.4. The number of carbonyl (C=O) groups excluding carboxylic acids is 2. The normalized spacial score (nSPS) is 20.6. The van der Waals surface area contributed by atoms with E-state index < -0.39 is 72.6 Å². The third kappa shape index (κ3) is 14.4. The van der Waals surface area contributed by atoms with Crippen LogP contribution in [0.25, 0.3) is 0 Å². The number of hydrogen-bond acceptors (Lipinski definition) is 18. The van der Waals surface area contributed by atoms with Gasteiger partial charge in [0.15, 0.2) is 12.5 Å². The Kier molecular flexibility index (Phi) is 17.5. The first kappa shape index (κ1) is 45.1. The van der Waals surface area contributed by atoms with E-state index in [0.29, 0.717) is 7.15 Å². The molecule has 2 saturated heterocycles. The van der Waals surface area contributed by atoms with E-state index in [9.17, 15) is 37.1 Å². The van der Waals surface area contributed by atoms with E-state index in [4.69, 9.17) is 55.5 Å². The predicted molar refractivity (Wildman–Crippen MR) is 178 cm³/mol. The van der Waals surface area contributed by atoms with Crippen molar-refractivity contribution >= 4 is 42.8 Å². The van der Waals surface area contributed by atoms with Gasteiger partial charge in [0.05, 0.1) is 6.61 Å². The molecular formula is C29H40BF3N8O13. The number of rotatable bonds is 12. The van der Waals surface area contributed by atoms with Gasteiger partial charge in [0, 0.05) is 6.20 Å². The fourth-order valence-electron chi connectivity index (χ4n) is 4.03. The molecule has 298 valence electrons. The molecule has 0 saturated carbocycles. The van der Waals surface area contributed by atoms with Crippen LogP contribution in [-0.2, 0) is 47.5 Å². The maximum atomic E-state index is 12.0. The average molecular weight is 776 g/mol. The molecule has 0 spiro atoms. The standard InChI is InChI=1S/C14H19BN4O6.C13H20N4O5.C2HF3O2/c1-8(2)12(17-7-15-22)13(20)24-6-11-23-5-10(25-11)19-4-3-9(16)18-14(19)21;1-7(2)11(15)12(18)21-6-10-20-5-9(22-10)17-4-3-8(14)16-13(17)19;3-2(4,5)1(6)7/h3-4,7-8,10-12H,5-6H2,1-2H3,(H2,16,18,21);3-4,7,9-11H,5-6,15H2,1-2H3,(H2,14,16,19);(H,6,7)/t10-,11-,12-;9-,10-,11-;/m00./s1. The Morgan fingerprint density at radius 1 is 0.926 bits per heavy atom. The number of esters is 2. The molecule has 0 aliphatic carbocycles. The van der Waals surface area contributed by atoms with Crippen molar-refractivity contribution < 1.29 is 65.8 Å². The fraction of sp³-hybridized carbons (Fsp3) is 0.586. The van der Waals surface area contributed by atoms with Crippen LogP contribution in [0.1, 0.15) is 40.2 Å². The molecule has 2 aromatic heterocycles. The topological polar surface area (TPSA) is 304 Å². The van der Waals surface area contributed by atoms with Crippen molar-refractivity contribution in [2.75, 3.05) is 37.9 Å². The molecule has 2 aliphatic rings. The maximum absolute atomic E-state index is 12.0. The van der Waals surface area contributed by atoms with Crippen LogP contribution in [-0.4, -0.2) is 113 Å². The molecule has 2 aliphatic heterocycles. The number of carbonyl (C=O) groups is 3. The fourth-order valence-corrected chi connectivity index (χ4v) is 4.03. The summed E-state index contributed by atoms with van der Waals surface area (Å²) in [4.78, 5) is 67.1. The van der Waals surface area contributed by atoms with Crippen molar-refractivity contribution in [1.82, 2.24) is 19.1 Å². The Bertz CT molecular complexity index is 1730. The third-order valence-corrected chi connectivity index (χ3v) is 6.93. The monoisotopic (exact) mass is 776 g/mol. The number of aromatic nitrogens is 4. The van der Waals surface area contributed by atoms with Crippen molar-refractivity contribution in [3.05, 3.63) is 45.5 Å². The Labute approximate surface area is 304 Å². The van der Waals surface area contributed by atoms with Crippen LogP contribution in [0.4, 0.5) is 24.8 Å². The molecule has 0 unspecified atom stereocenters. The van der Waals surface area contributed by atoms with Gasteiger partial charge in [-0.05, 0) is 12.0 Å². The summed E-state index contributed by atoms with van der Waals surface area (Å²) in [6.07, 6.45) is -4.02. The second-order valence-electron chi connectivity index (χ2n) is 11.7. The van der Waals surface area contributed by atoms with Gasteiger partial charge in [-0.1, -0.05) is 13.8 Å². The second kappa shape index (κ2) is 21.0. The minimum Gasteiger partial charge on any atom is -0.475 e. The SMILES string of the molecule is CC(C)[C@H](N)C(=O)OC[C@H]1OC[C@@H](n2ccc(N)nc2=O)O1.CC(C)[C@H](N=CB=O)C(=O)OC[C@H]1OC[C@@H](n2ccc(N)nc2=O)O1.O=C(O)C(F)(F)F. The van der Waals surface area contributed by atoms with E-state index in [2.05, 4.69) is 15.0 Å². The predicted octanol–water partition coefficient (Wildman–Crippen LogP) is -0.800. The Hall–Kier alpha value is -5.11. The average Bonchev–Trinajstić information content (AvgIpc) is 3.76. The zero-order chi connectivity index (χ0) is 40.7. The molecule has 2 aromatic rings. The van der Waals surface area contributed by atoms with Crippen LogP contribution in [0.2, 0.25) is 0 Å². The number of nitrogens with zero attached hydrogens (tertiary/aromatic N) is 5. The first-order chi connectivity index (χ1) is 25.2. The molecule has 21 nitrogen and oxygen atoms in total. The summed E-state index contributed by atoms with van der Waals surface area (Å²) >= 11 is 0. The minimum atomic E-state index is -5.08. The first-order valence-electron chi connectivity index (χ1n) is 15.8. The smallest absolute Gasteiger partial charge is 0.475 e. The number of hydrogen-bond donors (Lipinski definition) is 4. The van der Waals surface area contributed by atoms with Crippen LogP contribution < -0.4 is 28.6 Å². The molecule has 0 bridgehead atoms. The van der Waals surface area contributed by atoms with E-state index in [0.717, 1.165) is 6.11 Å². The third-order valence-electron chi connectivity index (χ3n) is 6.93. The zero-order valence-corrected chi connectivity index (χ0v) is 29.4. The van der Waals surface area contributed by atoms with Crippen LogP contribution >= 0.6 is 0 Å². The van der Waals surface area contributed by atoms with Gasteiger partial charge in [0.2, 0.25) is 0 Å². The molecule has 0 radical (unpaired) electrons. The van der Waals surface area contributed by atoms with Crippen molar-refractivity contribution in [3.63, 3.8) is 0 Å². The summed E-state index contributed by atoms with van der Waals surface area (Å²) in [7, 11) is 0.495. The van der Waals surface area contributed by atoms with Gasteiger partial charge in [-0.15, -0.1) is 0 Å². The van der Waals surface area contributed by atoms with E-state index in [1.54, 1.807) is 13.8 Å². The zero-order valence-electron chi connectivity index (χ0n) is 29.4. The van der Waals surface area contributed by atoms with Crippen LogP contribution in [0.3, 0.4) is 0 Å². The molecule has 4 heterocycles. The summed E-state index contributed by atoms with van der Waals surface area (Å²) < 4.78 is 76.5. The van der Waals surface area contributed by atoms with E-state index in [-0.39, 0.29) is 49.9 Å². The van der Waals surface area contributed by atoms with Crippen LogP contribution in [0.15, 0.2) is 39.1 Å². The summed E-state index contributed by atoms with van der Waals surface area (Å²) in [5.74, 6) is -3.78. The Morgan fingerprint density at radius 3 is 1.70 bits per heavy atom. The second-order valence-corrected chi connectivity index (χ2v) is 11.7. The van der Waals surface area contributed by atoms with Crippen molar-refractivity contribution in [3.8, 4) is 0 Å². The largest absolute Gasteiger partial charge is 0.490 e. The van der Waals surface area contributed by atoms with Gasteiger partial charge in [-0.2, -0.15) is 18.2 Å². The first-order valence-corrected chi connectivity index (χ1v) is 15.8. The number of halogens is 3. The summed E-state index contributed by atoms with van der Waals surface area (Å²) in [6, 6.07) is 1.48. The number of nitrogen functional groups attached to an aromatic ring is 2. The number of anilines is 2. The molecule has 54 heavy (non-hydrogen) atoms. The van der Waals surface area contributed by atoms with Crippen molar-refractivity contribution in [2.45, 2.75) is 71.0 Å². The van der Waals surface area contributed by atoms with Gasteiger partial charge in [-0.3, -0.25) is 9.36 Å². The number of carboxylic acid groups (broad SMARTS) is 1. The van der Waals surface area contributed by atoms with E-state index in [1.807, 2.05) is 13.8 Å². The maximum Gasteiger partial charge on any atom is 0.490 e. The molecule has 4 rings (SSSR count). The molecule has 0 aromatic carbocycles. The van der Waals surface area contributed by atoms with Gasteiger partial charge in [0.25, 0.3) is 0 Å². The molecule has 0 amide bonds. The molecule has 7 N–H and O–H groups in total. The van der Waals surface area contributed by atoms with Crippen LogP contribution in [0.5, 0.6) is 0 Å². The number of nitrogens with two attached hydrogens (primary N) is 3. The Morgan fingerprint density at radius 2 is 1.35 bits per heavy atom. The quantitative estimate of drug-likeness (QED) is 0.116. The van der Waals surface area contributed by atoms with Crippen molar-refractivity contribution in [1.29, 1.82) is 0 Å². The van der Waals surface area contributed by atoms with Crippen molar-refractivity contribution in [2.24, 2.45) is 22.6 Å². The molecule has 2 fully saturated rings. The molecular weight excluding hydrogens is 736 g/mol. The van der Waals surface area contributed by atoms with E-state index in [1.165, 1.54) is 33.7 Å². The van der Waals surface area contributed by atoms with Gasteiger partial charge >= 0.3 is 156 Å². The molecule has 25 heteroatoms. The number of ether oxygens (including phenoxy) is 6. The minimum absolute atomic E-state index is 0.0231. The van der Waals surface area contributed by atoms with Crippen LogP contribution in [0, 0.1) is 11.8 Å². The van der Waals surface area contributed by atoms with Gasteiger partial charge in [-0.25, -0.2) is 9.59 Å². The Balaban J connectivity index is 0.000000320. The summed E-state index contributed by atoms with van der Waals surface area (Å²) in [5, 5.41) is 7.12. The van der Waals surface area contributed by atoms with Gasteiger partial charge < -0.3 is 36.5 Å². The van der Waals surface area contributed by atoms with Gasteiger partial charge in [0.1, 0.15) is 24.3 Å². The number of aliphatic imine (C=N–C) groups is 1. The number of alkyl halides is 3. The molecule has 6 atom stereocenters. The number of aliphatic carboxylic acids is 1. The van der Waals surface area contributed by atoms with E-state index >= 15 is 0 Å². The number of carboxylic acids is 1. The summed E-state index contributed by atoms with van der Waals surface area (Å²) in [6.45, 7) is 7.21.